The Morgan fingerprint density at radius 2 is 1.17 bits per heavy atom. The first-order valence-electron chi connectivity index (χ1n) is 16.7. The van der Waals surface area contributed by atoms with Crippen LogP contribution in [0.3, 0.4) is 0 Å². The Morgan fingerprint density at radius 1 is 0.654 bits per heavy atom. The highest BCUT2D eigenvalue weighted by atomic mass is 79.9. The molecule has 0 N–H and O–H groups in total. The average molecular weight is 784 g/mol. The van der Waals surface area contributed by atoms with E-state index < -0.39 is 0 Å². The zero-order valence-corrected chi connectivity index (χ0v) is 30.5. The Labute approximate surface area is 313 Å². The highest BCUT2D eigenvalue weighted by Gasteiger charge is 2.16. The van der Waals surface area contributed by atoms with Crippen molar-refractivity contribution >= 4 is 50.4 Å². The molecular formula is C40H34BrClF2N6O2. The maximum Gasteiger partial charge on any atom is 0.280 e. The van der Waals surface area contributed by atoms with Gasteiger partial charge in [-0.2, -0.15) is 0 Å². The number of aromatic nitrogens is 6. The number of rotatable bonds is 0. The van der Waals surface area contributed by atoms with E-state index in [4.69, 9.17) is 6.42 Å². The Bertz CT molecular complexity index is 2470. The minimum atomic E-state index is -0.319. The van der Waals surface area contributed by atoms with Gasteiger partial charge in [-0.3, -0.25) is 18.7 Å². The molecule has 0 spiro atoms. The highest BCUT2D eigenvalue weighted by Crippen LogP contribution is 2.17. The molecule has 0 radical (unpaired) electrons. The molecule has 12 heteroatoms. The standard InChI is InChI=1S/C20H16FN3O.C12H12BrN3O.C8H5F.ClH/c21-16-6-4-5-14(11-16)8-9-15-12-17-19(22-13-15)20(25)24-10-3-1-2-7-18(24)23-17;13-8-6-9-11(14-7-8)12(17)16-5-3-1-2-4-10(16)15-9;1-2-7-4-3-5-8(9)6-7;/h4-6,11-13H,1-3,7,10H2;6-7H,1-5H2;1,3-6H;1H. The summed E-state index contributed by atoms with van der Waals surface area (Å²) in [6.45, 7) is 1.48. The molecule has 0 saturated carbocycles. The van der Waals surface area contributed by atoms with Gasteiger partial charge in [-0.1, -0.05) is 42.7 Å². The molecule has 2 aliphatic rings. The zero-order chi connectivity index (χ0) is 35.7. The maximum atomic E-state index is 13.2. The lowest BCUT2D eigenvalue weighted by Crippen LogP contribution is -2.25. The van der Waals surface area contributed by atoms with Gasteiger partial charge in [0.15, 0.2) is 11.0 Å². The highest BCUT2D eigenvalue weighted by molar-refractivity contribution is 9.10. The van der Waals surface area contributed by atoms with Crippen LogP contribution in [0.4, 0.5) is 8.78 Å². The van der Waals surface area contributed by atoms with Crippen molar-refractivity contribution in [3.05, 3.63) is 138 Å². The van der Waals surface area contributed by atoms with Crippen molar-refractivity contribution in [2.45, 2.75) is 64.5 Å². The Balaban J connectivity index is 0.000000167. The minimum Gasteiger partial charge on any atom is -0.295 e. The van der Waals surface area contributed by atoms with Crippen molar-refractivity contribution < 1.29 is 8.78 Å². The van der Waals surface area contributed by atoms with Crippen LogP contribution in [0.15, 0.2) is 87.1 Å². The first-order chi connectivity index (χ1) is 24.8. The zero-order valence-electron chi connectivity index (χ0n) is 28.1. The molecule has 6 aromatic rings. The van der Waals surface area contributed by atoms with E-state index in [1.165, 1.54) is 24.3 Å². The maximum absolute atomic E-state index is 13.2. The normalized spacial score (nSPS) is 13.1. The average Bonchev–Trinajstić information content (AvgIpc) is 3.52. The molecule has 8 rings (SSSR count). The molecule has 2 aliphatic heterocycles. The number of terminal acetylenes is 1. The van der Waals surface area contributed by atoms with Crippen molar-refractivity contribution in [3.8, 4) is 24.2 Å². The third kappa shape index (κ3) is 9.35. The number of nitrogens with zero attached hydrogens (tertiary/aromatic N) is 6. The third-order valence-corrected chi connectivity index (χ3v) is 8.88. The van der Waals surface area contributed by atoms with Gasteiger partial charge in [0.25, 0.3) is 11.1 Å². The minimum absolute atomic E-state index is 0. The lowest BCUT2D eigenvalue weighted by Gasteiger charge is -2.09. The number of aryl methyl sites for hydroxylation is 2. The van der Waals surface area contributed by atoms with Gasteiger partial charge in [0.2, 0.25) is 0 Å². The van der Waals surface area contributed by atoms with Crippen LogP contribution in [-0.4, -0.2) is 29.1 Å². The second-order valence-corrected chi connectivity index (χ2v) is 13.0. The topological polar surface area (TPSA) is 95.6 Å². The molecular weight excluding hydrogens is 750 g/mol. The fraction of sp³-hybridized carbons (Fsp3) is 0.250. The van der Waals surface area contributed by atoms with Crippen LogP contribution in [0.2, 0.25) is 0 Å². The van der Waals surface area contributed by atoms with E-state index in [9.17, 15) is 18.4 Å². The van der Waals surface area contributed by atoms with Crippen LogP contribution in [0.5, 0.6) is 0 Å². The van der Waals surface area contributed by atoms with E-state index in [-0.39, 0.29) is 35.2 Å². The molecule has 0 bridgehead atoms. The van der Waals surface area contributed by atoms with Crippen LogP contribution < -0.4 is 11.1 Å². The van der Waals surface area contributed by atoms with Crippen LogP contribution in [0.1, 0.15) is 66.9 Å². The Hall–Kier alpha value is -5.23. The predicted molar refractivity (Wildman–Crippen MR) is 204 cm³/mol. The van der Waals surface area contributed by atoms with E-state index in [0.29, 0.717) is 45.3 Å². The number of fused-ring (bicyclic) bond motifs is 4. The van der Waals surface area contributed by atoms with Crippen molar-refractivity contribution in [2.24, 2.45) is 0 Å². The van der Waals surface area contributed by atoms with E-state index in [2.05, 4.69) is 53.6 Å². The van der Waals surface area contributed by atoms with Crippen LogP contribution >= 0.6 is 28.3 Å². The molecule has 264 valence electrons. The molecule has 6 heterocycles. The SMILES string of the molecule is C#Cc1cccc(F)c1.Cl.O=c1c2ncc(Br)cc2nc2n1CCCCC2.O=c1c2ncc(C#Cc3cccc(F)c3)cc2nc2n1CCCCC2. The number of hydrogen-bond donors (Lipinski definition) is 0. The molecule has 0 unspecified atom stereocenters. The van der Waals surface area contributed by atoms with E-state index in [0.717, 1.165) is 74.0 Å². The molecule has 52 heavy (non-hydrogen) atoms. The lowest BCUT2D eigenvalue weighted by atomic mass is 10.2. The quantitative estimate of drug-likeness (QED) is 0.148. The Morgan fingerprint density at radius 3 is 1.73 bits per heavy atom. The predicted octanol–water partition coefficient (Wildman–Crippen LogP) is 7.57. The summed E-state index contributed by atoms with van der Waals surface area (Å²) < 4.78 is 29.9. The second kappa shape index (κ2) is 17.8. The summed E-state index contributed by atoms with van der Waals surface area (Å²) in [5, 5.41) is 0. The fourth-order valence-electron chi connectivity index (χ4n) is 5.93. The lowest BCUT2D eigenvalue weighted by molar-refractivity contribution is 0.613. The van der Waals surface area contributed by atoms with Crippen molar-refractivity contribution in [3.63, 3.8) is 0 Å². The van der Waals surface area contributed by atoms with Gasteiger partial charge in [0.1, 0.15) is 23.3 Å². The molecule has 0 atom stereocenters. The van der Waals surface area contributed by atoms with Gasteiger partial charge in [-0.25, -0.2) is 28.7 Å². The van der Waals surface area contributed by atoms with Gasteiger partial charge in [0, 0.05) is 59.5 Å². The molecule has 0 amide bonds. The van der Waals surface area contributed by atoms with Crippen molar-refractivity contribution in [2.75, 3.05) is 0 Å². The summed E-state index contributed by atoms with van der Waals surface area (Å²) in [5.74, 6) is 9.33. The van der Waals surface area contributed by atoms with Crippen LogP contribution in [0, 0.1) is 35.8 Å². The smallest absolute Gasteiger partial charge is 0.280 e. The summed E-state index contributed by atoms with van der Waals surface area (Å²) in [4.78, 5) is 42.6. The fourth-order valence-corrected chi connectivity index (χ4v) is 6.25. The number of hydrogen-bond acceptors (Lipinski definition) is 6. The van der Waals surface area contributed by atoms with E-state index >= 15 is 0 Å². The van der Waals surface area contributed by atoms with Crippen molar-refractivity contribution in [1.82, 2.24) is 29.1 Å². The Kier molecular flexibility index (Phi) is 13.0. The molecule has 4 aromatic heterocycles. The molecule has 0 fully saturated rings. The second-order valence-electron chi connectivity index (χ2n) is 12.1. The first-order valence-corrected chi connectivity index (χ1v) is 17.5. The first kappa shape index (κ1) is 38.0. The van der Waals surface area contributed by atoms with E-state index in [1.807, 2.05) is 6.07 Å². The summed E-state index contributed by atoms with van der Waals surface area (Å²) in [6, 6.07) is 15.7. The molecule has 0 saturated heterocycles. The summed E-state index contributed by atoms with van der Waals surface area (Å²) >= 11 is 3.36. The van der Waals surface area contributed by atoms with Crippen LogP contribution in [0.25, 0.3) is 22.1 Å². The molecule has 8 nitrogen and oxygen atoms in total. The summed E-state index contributed by atoms with van der Waals surface area (Å²) in [5.41, 5.74) is 3.86. The number of pyridine rings is 2. The number of benzene rings is 2. The van der Waals surface area contributed by atoms with E-state index in [1.54, 1.807) is 51.9 Å². The molecule has 2 aromatic carbocycles. The molecule has 0 aliphatic carbocycles. The van der Waals surface area contributed by atoms with Gasteiger partial charge in [-0.05, 0) is 90.1 Å². The van der Waals surface area contributed by atoms with Crippen LogP contribution in [-0.2, 0) is 25.9 Å². The summed E-state index contributed by atoms with van der Waals surface area (Å²) in [7, 11) is 0. The number of halogens is 4. The third-order valence-electron chi connectivity index (χ3n) is 8.45. The summed E-state index contributed by atoms with van der Waals surface area (Å²) in [6.07, 6.45) is 16.4. The van der Waals surface area contributed by atoms with Crippen molar-refractivity contribution in [1.29, 1.82) is 0 Å². The van der Waals surface area contributed by atoms with Gasteiger partial charge >= 0.3 is 0 Å². The van der Waals surface area contributed by atoms with Gasteiger partial charge in [-0.15, -0.1) is 18.8 Å². The van der Waals surface area contributed by atoms with Gasteiger partial charge < -0.3 is 0 Å². The largest absolute Gasteiger partial charge is 0.295 e. The van der Waals surface area contributed by atoms with Gasteiger partial charge in [0.05, 0.1) is 11.0 Å². The monoisotopic (exact) mass is 782 g/mol.